The average molecular weight is 282 g/mol. The molecular weight excluding hydrogens is 264 g/mol. The lowest BCUT2D eigenvalue weighted by Crippen LogP contribution is -2.36. The molecule has 0 heterocycles. The second kappa shape index (κ2) is 7.81. The van der Waals surface area contributed by atoms with Gasteiger partial charge in [0.1, 0.15) is 0 Å². The van der Waals surface area contributed by atoms with Crippen molar-refractivity contribution in [2.45, 2.75) is 12.5 Å². The van der Waals surface area contributed by atoms with E-state index in [1.54, 1.807) is 36.0 Å². The Morgan fingerprint density at radius 1 is 1.47 bits per heavy atom. The molecule has 1 amide bonds. The summed E-state index contributed by atoms with van der Waals surface area (Å²) < 4.78 is 4.62. The van der Waals surface area contributed by atoms with E-state index in [0.29, 0.717) is 17.7 Å². The van der Waals surface area contributed by atoms with Gasteiger partial charge in [0.05, 0.1) is 18.7 Å². The molecule has 0 aliphatic rings. The molecule has 0 saturated heterocycles. The molecule has 0 saturated carbocycles. The van der Waals surface area contributed by atoms with Crippen LogP contribution in [0, 0.1) is 0 Å². The average Bonchev–Trinajstić information content (AvgIpc) is 2.44. The number of carbonyl (C=O) groups is 2. The molecule has 6 heteroatoms. The second-order valence-corrected chi connectivity index (χ2v) is 4.94. The maximum atomic E-state index is 11.8. The van der Waals surface area contributed by atoms with Crippen LogP contribution >= 0.6 is 11.8 Å². The third-order valence-electron chi connectivity index (χ3n) is 2.52. The zero-order valence-electron chi connectivity index (χ0n) is 11.0. The van der Waals surface area contributed by atoms with E-state index in [1.165, 1.54) is 7.11 Å². The molecule has 0 aliphatic carbocycles. The Balaban J connectivity index is 2.66. The molecule has 5 nitrogen and oxygen atoms in total. The molecule has 0 aromatic heterocycles. The molecule has 19 heavy (non-hydrogen) atoms. The molecule has 0 aliphatic heterocycles. The minimum atomic E-state index is -0.547. The van der Waals surface area contributed by atoms with E-state index in [4.69, 9.17) is 5.73 Å². The summed E-state index contributed by atoms with van der Waals surface area (Å²) in [7, 11) is 1.31. The van der Waals surface area contributed by atoms with E-state index in [9.17, 15) is 9.59 Å². The number of hydrogen-bond donors (Lipinski definition) is 2. The number of amides is 1. The summed E-state index contributed by atoms with van der Waals surface area (Å²) in [5.41, 5.74) is 6.68. The number of methoxy groups -OCH3 is 1. The highest BCUT2D eigenvalue weighted by molar-refractivity contribution is 7.98. The van der Waals surface area contributed by atoms with Crippen LogP contribution < -0.4 is 11.1 Å². The van der Waals surface area contributed by atoms with Crippen LogP contribution in [-0.2, 0) is 9.53 Å². The topological polar surface area (TPSA) is 81.4 Å². The Labute approximate surface area is 116 Å². The van der Waals surface area contributed by atoms with Crippen molar-refractivity contribution in [1.29, 1.82) is 0 Å². The summed E-state index contributed by atoms with van der Waals surface area (Å²) >= 11 is 1.64. The molecule has 0 unspecified atom stereocenters. The second-order valence-electron chi connectivity index (χ2n) is 3.95. The quantitative estimate of drug-likeness (QED) is 0.773. The Morgan fingerprint density at radius 3 is 2.84 bits per heavy atom. The maximum Gasteiger partial charge on any atom is 0.337 e. The molecule has 0 spiro atoms. The Kier molecular flexibility index (Phi) is 6.38. The van der Waals surface area contributed by atoms with Gasteiger partial charge in [0.15, 0.2) is 0 Å². The lowest BCUT2D eigenvalue weighted by Gasteiger charge is -2.12. The summed E-state index contributed by atoms with van der Waals surface area (Å²) in [4.78, 5) is 23.2. The van der Waals surface area contributed by atoms with Crippen molar-refractivity contribution in [3.8, 4) is 0 Å². The van der Waals surface area contributed by atoms with Gasteiger partial charge in [-0.2, -0.15) is 11.8 Å². The molecule has 104 valence electrons. The molecular formula is C13H18N2O3S. The molecule has 3 N–H and O–H groups in total. The van der Waals surface area contributed by atoms with Gasteiger partial charge >= 0.3 is 5.97 Å². The van der Waals surface area contributed by atoms with E-state index in [2.05, 4.69) is 10.1 Å². The molecule has 1 atom stereocenters. The van der Waals surface area contributed by atoms with Crippen LogP contribution in [0.3, 0.4) is 0 Å². The fraction of sp³-hybridized carbons (Fsp3) is 0.385. The molecule has 1 rings (SSSR count). The molecule has 1 aromatic rings. The standard InChI is InChI=1S/C13H18N2O3S/c1-18-13(17)9-4-3-5-10(8-9)15-12(16)11(14)6-7-19-2/h3-5,8,11H,6-7,14H2,1-2H3,(H,15,16)/t11-/m0/s1. The monoisotopic (exact) mass is 282 g/mol. The van der Waals surface area contributed by atoms with E-state index >= 15 is 0 Å². The largest absolute Gasteiger partial charge is 0.465 e. The Morgan fingerprint density at radius 2 is 2.21 bits per heavy atom. The number of nitrogens with two attached hydrogens (primary N) is 1. The Bertz CT molecular complexity index is 451. The maximum absolute atomic E-state index is 11.8. The van der Waals surface area contributed by atoms with Gasteiger partial charge < -0.3 is 15.8 Å². The van der Waals surface area contributed by atoms with E-state index in [-0.39, 0.29) is 5.91 Å². The van der Waals surface area contributed by atoms with Crippen molar-refractivity contribution in [2.75, 3.05) is 24.4 Å². The smallest absolute Gasteiger partial charge is 0.337 e. The zero-order valence-corrected chi connectivity index (χ0v) is 11.8. The highest BCUT2D eigenvalue weighted by Crippen LogP contribution is 2.12. The fourth-order valence-electron chi connectivity index (χ4n) is 1.45. The normalized spacial score (nSPS) is 11.7. The first-order valence-corrected chi connectivity index (χ1v) is 7.21. The number of nitrogens with one attached hydrogen (secondary N) is 1. The molecule has 0 fully saturated rings. The molecule has 1 aromatic carbocycles. The first kappa shape index (κ1) is 15.5. The molecule has 0 radical (unpaired) electrons. The third kappa shape index (κ3) is 4.92. The summed E-state index contributed by atoms with van der Waals surface area (Å²) in [5, 5.41) is 2.69. The first-order valence-electron chi connectivity index (χ1n) is 5.82. The van der Waals surface area contributed by atoms with Gasteiger partial charge in [0.2, 0.25) is 5.91 Å². The lowest BCUT2D eigenvalue weighted by atomic mass is 10.2. The van der Waals surface area contributed by atoms with Gasteiger partial charge in [-0.25, -0.2) is 4.79 Å². The van der Waals surface area contributed by atoms with Gasteiger partial charge in [-0.05, 0) is 36.6 Å². The number of hydrogen-bond acceptors (Lipinski definition) is 5. The first-order chi connectivity index (χ1) is 9.08. The third-order valence-corrected chi connectivity index (χ3v) is 3.16. The van der Waals surface area contributed by atoms with Crippen molar-refractivity contribution in [2.24, 2.45) is 5.73 Å². The van der Waals surface area contributed by atoms with Crippen molar-refractivity contribution in [1.82, 2.24) is 0 Å². The highest BCUT2D eigenvalue weighted by Gasteiger charge is 2.14. The van der Waals surface area contributed by atoms with Crippen LogP contribution in [0.1, 0.15) is 16.8 Å². The zero-order chi connectivity index (χ0) is 14.3. The predicted molar refractivity (Wildman–Crippen MR) is 77.4 cm³/mol. The fourth-order valence-corrected chi connectivity index (χ4v) is 1.94. The number of rotatable bonds is 6. The van der Waals surface area contributed by atoms with E-state index in [0.717, 1.165) is 5.75 Å². The summed E-state index contributed by atoms with van der Waals surface area (Å²) in [6.45, 7) is 0. The van der Waals surface area contributed by atoms with Crippen molar-refractivity contribution < 1.29 is 14.3 Å². The summed E-state index contributed by atoms with van der Waals surface area (Å²) in [5.74, 6) is 0.135. The Hall–Kier alpha value is -1.53. The van der Waals surface area contributed by atoms with Crippen LogP contribution in [0.4, 0.5) is 5.69 Å². The predicted octanol–water partition coefficient (Wildman–Crippen LogP) is 1.49. The van der Waals surface area contributed by atoms with Crippen molar-refractivity contribution in [3.05, 3.63) is 29.8 Å². The number of anilines is 1. The summed E-state index contributed by atoms with van der Waals surface area (Å²) in [6.07, 6.45) is 2.58. The van der Waals surface area contributed by atoms with Crippen molar-refractivity contribution in [3.63, 3.8) is 0 Å². The van der Waals surface area contributed by atoms with E-state index in [1.807, 2.05) is 6.26 Å². The highest BCUT2D eigenvalue weighted by atomic mass is 32.2. The molecule has 0 bridgehead atoms. The number of thioether (sulfide) groups is 1. The number of esters is 1. The number of ether oxygens (including phenoxy) is 1. The van der Waals surface area contributed by atoms with Crippen LogP contribution in [0.2, 0.25) is 0 Å². The minimum Gasteiger partial charge on any atom is -0.465 e. The van der Waals surface area contributed by atoms with Crippen LogP contribution in [0.25, 0.3) is 0 Å². The van der Waals surface area contributed by atoms with Gasteiger partial charge in [-0.15, -0.1) is 0 Å². The SMILES string of the molecule is COC(=O)c1cccc(NC(=O)[C@@H](N)CCSC)c1. The van der Waals surface area contributed by atoms with Gasteiger partial charge in [-0.3, -0.25) is 4.79 Å². The van der Waals surface area contributed by atoms with Gasteiger partial charge in [0, 0.05) is 5.69 Å². The summed E-state index contributed by atoms with van der Waals surface area (Å²) in [6, 6.07) is 6.01. The lowest BCUT2D eigenvalue weighted by molar-refractivity contribution is -0.117. The number of carbonyl (C=O) groups excluding carboxylic acids is 2. The van der Waals surface area contributed by atoms with Crippen LogP contribution in [-0.4, -0.2) is 37.0 Å². The van der Waals surface area contributed by atoms with Crippen molar-refractivity contribution >= 4 is 29.3 Å². The van der Waals surface area contributed by atoms with Crippen LogP contribution in [0.5, 0.6) is 0 Å². The van der Waals surface area contributed by atoms with Gasteiger partial charge in [-0.1, -0.05) is 6.07 Å². The minimum absolute atomic E-state index is 0.254. The van der Waals surface area contributed by atoms with Gasteiger partial charge in [0.25, 0.3) is 0 Å². The number of benzene rings is 1. The van der Waals surface area contributed by atoms with E-state index < -0.39 is 12.0 Å². The van der Waals surface area contributed by atoms with Crippen LogP contribution in [0.15, 0.2) is 24.3 Å².